The Morgan fingerprint density at radius 2 is 1.79 bits per heavy atom. The fourth-order valence-corrected chi connectivity index (χ4v) is 2.19. The van der Waals surface area contributed by atoms with E-state index in [0.717, 1.165) is 4.90 Å². The highest BCUT2D eigenvalue weighted by atomic mass is 16.5. The minimum atomic E-state index is -1.12. The Labute approximate surface area is 113 Å². The summed E-state index contributed by atoms with van der Waals surface area (Å²) in [5, 5.41) is 2.26. The third-order valence-electron chi connectivity index (χ3n) is 3.53. The Balaban J connectivity index is 2.84. The number of barbiturate groups is 1. The van der Waals surface area contributed by atoms with E-state index in [1.807, 2.05) is 13.8 Å². The van der Waals surface area contributed by atoms with Crippen molar-refractivity contribution in [3.63, 3.8) is 0 Å². The van der Waals surface area contributed by atoms with Crippen molar-refractivity contribution < 1.29 is 19.1 Å². The maximum absolute atomic E-state index is 12.4. The van der Waals surface area contributed by atoms with E-state index < -0.39 is 23.3 Å². The quantitative estimate of drug-likeness (QED) is 0.738. The van der Waals surface area contributed by atoms with Crippen LogP contribution in [0.15, 0.2) is 0 Å². The van der Waals surface area contributed by atoms with Gasteiger partial charge in [-0.15, -0.1) is 0 Å². The number of carbonyl (C=O) groups is 3. The molecule has 1 N–H and O–H groups in total. The molecule has 0 aromatic heterocycles. The highest BCUT2D eigenvalue weighted by Crippen LogP contribution is 2.32. The van der Waals surface area contributed by atoms with E-state index in [0.29, 0.717) is 12.8 Å². The van der Waals surface area contributed by atoms with Crippen molar-refractivity contribution in [3.05, 3.63) is 0 Å². The lowest BCUT2D eigenvalue weighted by atomic mass is 9.78. The van der Waals surface area contributed by atoms with Crippen LogP contribution < -0.4 is 5.32 Å². The minimum absolute atomic E-state index is 0.0340. The van der Waals surface area contributed by atoms with Gasteiger partial charge in [0.15, 0.2) is 0 Å². The molecule has 0 bridgehead atoms. The first-order chi connectivity index (χ1) is 8.89. The van der Waals surface area contributed by atoms with Crippen LogP contribution in [0.1, 0.15) is 40.5 Å². The van der Waals surface area contributed by atoms with E-state index in [9.17, 15) is 14.4 Å². The number of urea groups is 1. The zero-order valence-electron chi connectivity index (χ0n) is 12.0. The van der Waals surface area contributed by atoms with Crippen LogP contribution in [0.5, 0.6) is 0 Å². The minimum Gasteiger partial charge on any atom is -0.377 e. The number of nitrogens with zero attached hydrogens (tertiary/aromatic N) is 1. The van der Waals surface area contributed by atoms with Gasteiger partial charge >= 0.3 is 6.03 Å². The topological polar surface area (TPSA) is 75.7 Å². The van der Waals surface area contributed by atoms with Gasteiger partial charge < -0.3 is 4.74 Å². The molecule has 108 valence electrons. The number of rotatable bonds is 6. The van der Waals surface area contributed by atoms with Gasteiger partial charge in [0.1, 0.15) is 5.41 Å². The Morgan fingerprint density at radius 3 is 2.26 bits per heavy atom. The van der Waals surface area contributed by atoms with Crippen molar-refractivity contribution >= 4 is 17.8 Å². The first-order valence-electron chi connectivity index (χ1n) is 6.68. The second-order valence-electron chi connectivity index (χ2n) is 4.92. The third-order valence-corrected chi connectivity index (χ3v) is 3.53. The first kappa shape index (κ1) is 15.6. The molecule has 4 amide bonds. The van der Waals surface area contributed by atoms with Crippen LogP contribution in [0.25, 0.3) is 0 Å². The molecule has 0 radical (unpaired) electrons. The number of hydrogen-bond donors (Lipinski definition) is 1. The largest absolute Gasteiger partial charge is 0.377 e. The van der Waals surface area contributed by atoms with Crippen LogP contribution in [-0.4, -0.2) is 42.0 Å². The molecular formula is C13H22N2O4. The lowest BCUT2D eigenvalue weighted by molar-refractivity contribution is -0.152. The highest BCUT2D eigenvalue weighted by Gasteiger charge is 2.51. The van der Waals surface area contributed by atoms with Gasteiger partial charge in [0.05, 0.1) is 19.3 Å². The molecule has 1 aliphatic heterocycles. The van der Waals surface area contributed by atoms with Gasteiger partial charge in [-0.1, -0.05) is 13.8 Å². The van der Waals surface area contributed by atoms with E-state index >= 15 is 0 Å². The van der Waals surface area contributed by atoms with Crippen molar-refractivity contribution in [2.75, 3.05) is 13.2 Å². The lowest BCUT2D eigenvalue weighted by Gasteiger charge is -2.38. The molecule has 0 aliphatic carbocycles. The SMILES string of the molecule is CCC1(CC)C(=O)NC(=O)N(CCOC(C)C)C1=O. The Kier molecular flexibility index (Phi) is 5.05. The van der Waals surface area contributed by atoms with Crippen LogP contribution >= 0.6 is 0 Å². The van der Waals surface area contributed by atoms with Gasteiger partial charge in [-0.05, 0) is 26.7 Å². The smallest absolute Gasteiger partial charge is 0.330 e. The fraction of sp³-hybridized carbons (Fsp3) is 0.769. The van der Waals surface area contributed by atoms with Crippen molar-refractivity contribution in [1.29, 1.82) is 0 Å². The summed E-state index contributed by atoms with van der Waals surface area (Å²) in [4.78, 5) is 37.1. The summed E-state index contributed by atoms with van der Waals surface area (Å²) in [6, 6.07) is -0.653. The molecule has 0 aromatic rings. The van der Waals surface area contributed by atoms with E-state index in [1.54, 1.807) is 13.8 Å². The standard InChI is InChI=1S/C13H22N2O4/c1-5-13(6-2)10(16)14-12(18)15(11(13)17)7-8-19-9(3)4/h9H,5-8H2,1-4H3,(H,14,16,18). The summed E-state index contributed by atoms with van der Waals surface area (Å²) in [5.74, 6) is -0.910. The predicted octanol–water partition coefficient (Wildman–Crippen LogP) is 1.30. The number of imide groups is 2. The molecule has 1 rings (SSSR count). The molecule has 6 nitrogen and oxygen atoms in total. The maximum atomic E-state index is 12.4. The number of amides is 4. The molecule has 6 heteroatoms. The van der Waals surface area contributed by atoms with Crippen LogP contribution in [-0.2, 0) is 14.3 Å². The van der Waals surface area contributed by atoms with Gasteiger partial charge in [-0.25, -0.2) is 4.79 Å². The molecule has 0 aromatic carbocycles. The molecule has 0 saturated carbocycles. The summed E-state index contributed by atoms with van der Waals surface area (Å²) in [5.41, 5.74) is -1.12. The summed E-state index contributed by atoms with van der Waals surface area (Å²) in [6.07, 6.45) is 0.790. The Hall–Kier alpha value is -1.43. The lowest BCUT2D eigenvalue weighted by Crippen LogP contribution is -2.64. The molecular weight excluding hydrogens is 248 g/mol. The number of carbonyl (C=O) groups excluding carboxylic acids is 3. The monoisotopic (exact) mass is 270 g/mol. The van der Waals surface area contributed by atoms with Crippen molar-refractivity contribution in [1.82, 2.24) is 10.2 Å². The molecule has 1 heterocycles. The maximum Gasteiger partial charge on any atom is 0.330 e. The van der Waals surface area contributed by atoms with Crippen LogP contribution in [0.3, 0.4) is 0 Å². The average molecular weight is 270 g/mol. The molecule has 1 saturated heterocycles. The zero-order valence-corrected chi connectivity index (χ0v) is 12.0. The molecule has 1 aliphatic rings. The molecule has 1 fully saturated rings. The van der Waals surface area contributed by atoms with E-state index in [-0.39, 0.29) is 19.3 Å². The van der Waals surface area contributed by atoms with Gasteiger partial charge in [-0.2, -0.15) is 0 Å². The summed E-state index contributed by atoms with van der Waals surface area (Å²) in [7, 11) is 0. The number of hydrogen-bond acceptors (Lipinski definition) is 4. The average Bonchev–Trinajstić information content (AvgIpc) is 2.34. The van der Waals surface area contributed by atoms with Gasteiger partial charge in [-0.3, -0.25) is 19.8 Å². The van der Waals surface area contributed by atoms with Crippen molar-refractivity contribution in [3.8, 4) is 0 Å². The fourth-order valence-electron chi connectivity index (χ4n) is 2.19. The van der Waals surface area contributed by atoms with Gasteiger partial charge in [0.25, 0.3) is 0 Å². The van der Waals surface area contributed by atoms with E-state index in [4.69, 9.17) is 4.74 Å². The van der Waals surface area contributed by atoms with Crippen LogP contribution in [0.2, 0.25) is 0 Å². The Morgan fingerprint density at radius 1 is 1.21 bits per heavy atom. The number of ether oxygens (including phenoxy) is 1. The summed E-state index contributed by atoms with van der Waals surface area (Å²) < 4.78 is 5.34. The zero-order chi connectivity index (χ0) is 14.6. The second-order valence-corrected chi connectivity index (χ2v) is 4.92. The molecule has 0 atom stereocenters. The Bertz CT molecular complexity index is 375. The van der Waals surface area contributed by atoms with Crippen LogP contribution in [0, 0.1) is 5.41 Å². The summed E-state index contributed by atoms with van der Waals surface area (Å²) in [6.45, 7) is 7.75. The van der Waals surface area contributed by atoms with E-state index in [2.05, 4.69) is 5.32 Å². The third kappa shape index (κ3) is 2.94. The van der Waals surface area contributed by atoms with Crippen LogP contribution in [0.4, 0.5) is 4.79 Å². The molecule has 0 spiro atoms. The highest BCUT2D eigenvalue weighted by molar-refractivity contribution is 6.19. The first-order valence-corrected chi connectivity index (χ1v) is 6.68. The van der Waals surface area contributed by atoms with Gasteiger partial charge in [0.2, 0.25) is 11.8 Å². The second kappa shape index (κ2) is 6.14. The van der Waals surface area contributed by atoms with Gasteiger partial charge in [0, 0.05) is 0 Å². The molecule has 0 unspecified atom stereocenters. The van der Waals surface area contributed by atoms with Crippen molar-refractivity contribution in [2.24, 2.45) is 5.41 Å². The predicted molar refractivity (Wildman–Crippen MR) is 69.4 cm³/mol. The molecule has 19 heavy (non-hydrogen) atoms. The number of nitrogens with one attached hydrogen (secondary N) is 1. The van der Waals surface area contributed by atoms with E-state index in [1.165, 1.54) is 0 Å². The summed E-state index contributed by atoms with van der Waals surface area (Å²) >= 11 is 0. The van der Waals surface area contributed by atoms with Crippen molar-refractivity contribution in [2.45, 2.75) is 46.6 Å². The normalized spacial score (nSPS) is 19.0.